The van der Waals surface area contributed by atoms with Crippen molar-refractivity contribution >= 4 is 10.0 Å². The number of rotatable bonds is 2. The molecule has 0 amide bonds. The molecule has 1 aliphatic heterocycles. The lowest BCUT2D eigenvalue weighted by Crippen LogP contribution is -2.41. The van der Waals surface area contributed by atoms with Crippen LogP contribution in [0, 0.1) is 20.8 Å². The minimum atomic E-state index is -3.46. The Labute approximate surface area is 132 Å². The summed E-state index contributed by atoms with van der Waals surface area (Å²) in [6, 6.07) is 9.30. The molecule has 1 aromatic heterocycles. The second kappa shape index (κ2) is 5.25. The zero-order chi connectivity index (χ0) is 16.1. The second-order valence-corrected chi connectivity index (χ2v) is 7.98. The Morgan fingerprint density at radius 1 is 1.00 bits per heavy atom. The Balaban J connectivity index is 2.01. The standard InChI is InChI=1S/C17H22N2O2S/c1-12-5-7-16(11-13(12)2)22(20,21)19-10-9-18-14(3)6-8-17(18)15(19)4/h5-8,11,15H,9-10H2,1-4H3/t15-/m0/s1. The molecular weight excluding hydrogens is 296 g/mol. The number of sulfonamides is 1. The maximum atomic E-state index is 13.0. The fourth-order valence-electron chi connectivity index (χ4n) is 3.14. The first-order valence-corrected chi connectivity index (χ1v) is 9.01. The predicted molar refractivity (Wildman–Crippen MR) is 87.4 cm³/mol. The largest absolute Gasteiger partial charge is 0.346 e. The zero-order valence-electron chi connectivity index (χ0n) is 13.5. The maximum absolute atomic E-state index is 13.0. The molecule has 0 saturated carbocycles. The van der Waals surface area contributed by atoms with Crippen molar-refractivity contribution in [2.24, 2.45) is 0 Å². The van der Waals surface area contributed by atoms with Crippen molar-refractivity contribution in [1.82, 2.24) is 8.87 Å². The molecule has 0 aliphatic carbocycles. The Hall–Kier alpha value is -1.59. The molecule has 0 saturated heterocycles. The minimum absolute atomic E-state index is 0.144. The molecule has 0 N–H and O–H groups in total. The fraction of sp³-hybridized carbons (Fsp3) is 0.412. The van der Waals surface area contributed by atoms with E-state index in [2.05, 4.69) is 17.6 Å². The van der Waals surface area contributed by atoms with Crippen LogP contribution in [0.15, 0.2) is 35.2 Å². The van der Waals surface area contributed by atoms with Gasteiger partial charge in [-0.15, -0.1) is 0 Å². The van der Waals surface area contributed by atoms with Crippen molar-refractivity contribution in [2.75, 3.05) is 6.54 Å². The quantitative estimate of drug-likeness (QED) is 0.853. The number of hydrogen-bond donors (Lipinski definition) is 0. The van der Waals surface area contributed by atoms with E-state index in [1.807, 2.05) is 32.9 Å². The molecule has 0 bridgehead atoms. The molecule has 0 fully saturated rings. The lowest BCUT2D eigenvalue weighted by Gasteiger charge is -2.34. The Morgan fingerprint density at radius 2 is 1.73 bits per heavy atom. The van der Waals surface area contributed by atoms with Gasteiger partial charge in [-0.25, -0.2) is 8.42 Å². The van der Waals surface area contributed by atoms with Crippen molar-refractivity contribution in [3.8, 4) is 0 Å². The summed E-state index contributed by atoms with van der Waals surface area (Å²) in [5, 5.41) is 0. The van der Waals surface area contributed by atoms with Crippen molar-refractivity contribution < 1.29 is 8.42 Å². The van der Waals surface area contributed by atoms with Crippen LogP contribution in [0.3, 0.4) is 0 Å². The molecule has 2 aromatic rings. The predicted octanol–water partition coefficient (Wildman–Crippen LogP) is 3.18. The van der Waals surface area contributed by atoms with E-state index < -0.39 is 10.0 Å². The molecule has 3 rings (SSSR count). The van der Waals surface area contributed by atoms with Crippen LogP contribution in [0.4, 0.5) is 0 Å². The Bertz CT molecular complexity index is 821. The van der Waals surface area contributed by atoms with E-state index >= 15 is 0 Å². The first kappa shape index (κ1) is 15.3. The summed E-state index contributed by atoms with van der Waals surface area (Å²) in [5.41, 5.74) is 4.36. The van der Waals surface area contributed by atoms with Crippen LogP contribution in [0.1, 0.15) is 35.5 Å². The summed E-state index contributed by atoms with van der Waals surface area (Å²) >= 11 is 0. The summed E-state index contributed by atoms with van der Waals surface area (Å²) in [4.78, 5) is 0.388. The molecule has 5 heteroatoms. The molecular formula is C17H22N2O2S. The highest BCUT2D eigenvalue weighted by molar-refractivity contribution is 7.89. The number of nitrogens with zero attached hydrogens (tertiary/aromatic N) is 2. The van der Waals surface area contributed by atoms with Gasteiger partial charge in [-0.1, -0.05) is 6.07 Å². The Morgan fingerprint density at radius 3 is 2.41 bits per heavy atom. The van der Waals surface area contributed by atoms with Gasteiger partial charge in [-0.2, -0.15) is 4.31 Å². The van der Waals surface area contributed by atoms with Crippen LogP contribution >= 0.6 is 0 Å². The van der Waals surface area contributed by atoms with Crippen molar-refractivity contribution in [3.63, 3.8) is 0 Å². The normalized spacial score (nSPS) is 19.2. The summed E-state index contributed by atoms with van der Waals surface area (Å²) in [5.74, 6) is 0. The van der Waals surface area contributed by atoms with E-state index in [1.54, 1.807) is 16.4 Å². The lowest BCUT2D eigenvalue weighted by molar-refractivity contribution is 0.280. The minimum Gasteiger partial charge on any atom is -0.346 e. The molecule has 2 heterocycles. The van der Waals surface area contributed by atoms with Gasteiger partial charge in [0.1, 0.15) is 0 Å². The van der Waals surface area contributed by atoms with Crippen LogP contribution in [0.5, 0.6) is 0 Å². The molecule has 1 atom stereocenters. The highest BCUT2D eigenvalue weighted by atomic mass is 32.2. The van der Waals surface area contributed by atoms with Crippen molar-refractivity contribution in [3.05, 3.63) is 52.8 Å². The average Bonchev–Trinajstić information content (AvgIpc) is 2.84. The number of benzene rings is 1. The fourth-order valence-corrected chi connectivity index (χ4v) is 4.82. The number of aromatic nitrogens is 1. The van der Waals surface area contributed by atoms with Gasteiger partial charge >= 0.3 is 0 Å². The first-order chi connectivity index (χ1) is 10.3. The molecule has 118 valence electrons. The molecule has 4 nitrogen and oxygen atoms in total. The van der Waals surface area contributed by atoms with Crippen LogP contribution < -0.4 is 0 Å². The van der Waals surface area contributed by atoms with E-state index in [4.69, 9.17) is 0 Å². The summed E-state index contributed by atoms with van der Waals surface area (Å²) in [6.07, 6.45) is 0. The number of fused-ring (bicyclic) bond motifs is 1. The Kier molecular flexibility index (Phi) is 3.65. The van der Waals surface area contributed by atoms with Crippen molar-refractivity contribution in [1.29, 1.82) is 0 Å². The van der Waals surface area contributed by atoms with E-state index in [0.717, 1.165) is 16.8 Å². The highest BCUT2D eigenvalue weighted by Gasteiger charge is 2.34. The van der Waals surface area contributed by atoms with Crippen LogP contribution in [-0.4, -0.2) is 23.8 Å². The molecule has 0 radical (unpaired) electrons. The first-order valence-electron chi connectivity index (χ1n) is 7.57. The second-order valence-electron chi connectivity index (χ2n) is 6.09. The molecule has 0 unspecified atom stereocenters. The summed E-state index contributed by atoms with van der Waals surface area (Å²) in [7, 11) is -3.46. The van der Waals surface area contributed by atoms with E-state index in [9.17, 15) is 8.42 Å². The zero-order valence-corrected chi connectivity index (χ0v) is 14.3. The van der Waals surface area contributed by atoms with Crippen LogP contribution in [-0.2, 0) is 16.6 Å². The van der Waals surface area contributed by atoms with Crippen molar-refractivity contribution in [2.45, 2.75) is 45.2 Å². The van der Waals surface area contributed by atoms with Crippen LogP contribution in [0.2, 0.25) is 0 Å². The molecule has 22 heavy (non-hydrogen) atoms. The van der Waals surface area contributed by atoms with Gasteiger partial charge in [0.15, 0.2) is 0 Å². The molecule has 0 spiro atoms. The summed E-state index contributed by atoms with van der Waals surface area (Å²) < 4.78 is 29.8. The van der Waals surface area contributed by atoms with E-state index in [0.29, 0.717) is 18.0 Å². The topological polar surface area (TPSA) is 42.3 Å². The van der Waals surface area contributed by atoms with Crippen LogP contribution in [0.25, 0.3) is 0 Å². The molecule has 1 aromatic carbocycles. The molecule has 1 aliphatic rings. The monoisotopic (exact) mass is 318 g/mol. The third kappa shape index (κ3) is 2.29. The summed E-state index contributed by atoms with van der Waals surface area (Å²) in [6.45, 7) is 9.18. The smallest absolute Gasteiger partial charge is 0.243 e. The van der Waals surface area contributed by atoms with Gasteiger partial charge in [-0.3, -0.25) is 0 Å². The van der Waals surface area contributed by atoms with E-state index in [-0.39, 0.29) is 6.04 Å². The van der Waals surface area contributed by atoms with Gasteiger partial charge < -0.3 is 4.57 Å². The van der Waals surface area contributed by atoms with Gasteiger partial charge in [0.25, 0.3) is 0 Å². The van der Waals surface area contributed by atoms with Gasteiger partial charge in [-0.05, 0) is 63.1 Å². The van der Waals surface area contributed by atoms with Gasteiger partial charge in [0.05, 0.1) is 10.9 Å². The lowest BCUT2D eigenvalue weighted by atomic mass is 10.1. The maximum Gasteiger partial charge on any atom is 0.243 e. The van der Waals surface area contributed by atoms with Gasteiger partial charge in [0, 0.05) is 24.5 Å². The van der Waals surface area contributed by atoms with Gasteiger partial charge in [0.2, 0.25) is 10.0 Å². The number of hydrogen-bond acceptors (Lipinski definition) is 2. The SMILES string of the molecule is Cc1ccc(S(=O)(=O)N2CCn3c(C)ccc3[C@@H]2C)cc1C. The average molecular weight is 318 g/mol. The number of aryl methyl sites for hydroxylation is 3. The highest BCUT2D eigenvalue weighted by Crippen LogP contribution is 2.32. The third-order valence-corrected chi connectivity index (χ3v) is 6.69. The van der Waals surface area contributed by atoms with E-state index in [1.165, 1.54) is 5.69 Å². The third-order valence-electron chi connectivity index (χ3n) is 4.72.